The summed E-state index contributed by atoms with van der Waals surface area (Å²) in [4.78, 5) is 17.6. The molecule has 1 N–H and O–H groups in total. The van der Waals surface area contributed by atoms with Crippen molar-refractivity contribution in [2.24, 2.45) is 0 Å². The number of hydrogen-bond donors (Lipinski definition) is 1. The first-order valence-corrected chi connectivity index (χ1v) is 9.30. The lowest BCUT2D eigenvalue weighted by Gasteiger charge is -2.39. The van der Waals surface area contributed by atoms with Crippen molar-refractivity contribution in [3.05, 3.63) is 35.9 Å². The van der Waals surface area contributed by atoms with Crippen molar-refractivity contribution in [3.8, 4) is 0 Å². The molecule has 2 saturated heterocycles. The number of carbonyl (C=O) groups excluding carboxylic acids is 1. The van der Waals surface area contributed by atoms with E-state index in [1.807, 2.05) is 34.9 Å². The molecule has 2 atom stereocenters. The van der Waals surface area contributed by atoms with Crippen LogP contribution in [-0.2, 0) is 4.79 Å². The van der Waals surface area contributed by atoms with Gasteiger partial charge < -0.3 is 10.2 Å². The summed E-state index contributed by atoms with van der Waals surface area (Å²) >= 11 is 1.98. The molecule has 0 saturated carbocycles. The van der Waals surface area contributed by atoms with E-state index in [1.54, 1.807) is 0 Å². The maximum absolute atomic E-state index is 13.2. The zero-order valence-corrected chi connectivity index (χ0v) is 14.0. The first kappa shape index (κ1) is 15.8. The van der Waals surface area contributed by atoms with E-state index >= 15 is 0 Å². The number of thioether (sulfide) groups is 1. The summed E-state index contributed by atoms with van der Waals surface area (Å²) in [6.45, 7) is 6.66. The number of rotatable bonds is 3. The highest BCUT2D eigenvalue weighted by Gasteiger charge is 2.33. The van der Waals surface area contributed by atoms with Crippen LogP contribution in [0.25, 0.3) is 0 Å². The first-order valence-electron chi connectivity index (χ1n) is 8.14. The predicted octanol–water partition coefficient (Wildman–Crippen LogP) is 1.60. The summed E-state index contributed by atoms with van der Waals surface area (Å²) in [5, 5.41) is 3.41. The van der Waals surface area contributed by atoms with Crippen LogP contribution in [-0.4, -0.2) is 66.0 Å². The van der Waals surface area contributed by atoms with Crippen LogP contribution in [0.3, 0.4) is 0 Å². The van der Waals surface area contributed by atoms with E-state index in [0.29, 0.717) is 6.04 Å². The molecular weight excluding hydrogens is 294 g/mol. The third-order valence-electron chi connectivity index (χ3n) is 4.44. The van der Waals surface area contributed by atoms with E-state index in [2.05, 4.69) is 29.3 Å². The van der Waals surface area contributed by atoms with E-state index in [9.17, 15) is 4.79 Å². The summed E-state index contributed by atoms with van der Waals surface area (Å²) < 4.78 is 0. The highest BCUT2D eigenvalue weighted by atomic mass is 32.2. The Labute approximate surface area is 137 Å². The monoisotopic (exact) mass is 319 g/mol. The lowest BCUT2D eigenvalue weighted by atomic mass is 10.0. The fourth-order valence-corrected chi connectivity index (χ4v) is 4.22. The van der Waals surface area contributed by atoms with E-state index in [0.717, 1.165) is 49.8 Å². The van der Waals surface area contributed by atoms with Gasteiger partial charge in [0.05, 0.1) is 0 Å². The Hall–Kier alpha value is -1.04. The van der Waals surface area contributed by atoms with Gasteiger partial charge in [-0.3, -0.25) is 9.69 Å². The van der Waals surface area contributed by atoms with E-state index in [4.69, 9.17) is 0 Å². The number of nitrogens with one attached hydrogen (secondary N) is 1. The molecule has 3 rings (SSSR count). The Bertz CT molecular complexity index is 490. The molecule has 1 aromatic carbocycles. The molecular formula is C17H25N3OS. The molecule has 5 heteroatoms. The standard InChI is InChI=1S/C17H25N3OS/c1-14-13-20(8-7-18-14)17(21)16(15-5-3-2-4-6-15)19-9-11-22-12-10-19/h2-6,14,16,18H,7-13H2,1H3. The molecule has 2 aliphatic rings. The molecule has 22 heavy (non-hydrogen) atoms. The summed E-state index contributed by atoms with van der Waals surface area (Å²) in [5.41, 5.74) is 1.13. The summed E-state index contributed by atoms with van der Waals surface area (Å²) in [7, 11) is 0. The third kappa shape index (κ3) is 3.65. The lowest BCUT2D eigenvalue weighted by molar-refractivity contribution is -0.138. The molecule has 120 valence electrons. The molecule has 0 spiro atoms. The highest BCUT2D eigenvalue weighted by molar-refractivity contribution is 7.99. The quantitative estimate of drug-likeness (QED) is 0.918. The molecule has 4 nitrogen and oxygen atoms in total. The number of amides is 1. The predicted molar refractivity (Wildman–Crippen MR) is 92.1 cm³/mol. The molecule has 0 radical (unpaired) electrons. The van der Waals surface area contributed by atoms with Crippen molar-refractivity contribution in [2.45, 2.75) is 19.0 Å². The van der Waals surface area contributed by atoms with Crippen LogP contribution < -0.4 is 5.32 Å². The number of nitrogens with zero attached hydrogens (tertiary/aromatic N) is 2. The van der Waals surface area contributed by atoms with Crippen molar-refractivity contribution >= 4 is 17.7 Å². The van der Waals surface area contributed by atoms with Crippen molar-refractivity contribution in [1.82, 2.24) is 15.1 Å². The van der Waals surface area contributed by atoms with E-state index in [-0.39, 0.29) is 11.9 Å². The van der Waals surface area contributed by atoms with Gasteiger partial charge in [-0.2, -0.15) is 11.8 Å². The van der Waals surface area contributed by atoms with Crippen molar-refractivity contribution in [3.63, 3.8) is 0 Å². The Morgan fingerprint density at radius 1 is 1.23 bits per heavy atom. The van der Waals surface area contributed by atoms with Gasteiger partial charge in [0, 0.05) is 50.3 Å². The normalized spacial score (nSPS) is 25.0. The van der Waals surface area contributed by atoms with Gasteiger partial charge in [0.2, 0.25) is 5.91 Å². The van der Waals surface area contributed by atoms with Crippen LogP contribution in [0, 0.1) is 0 Å². The Morgan fingerprint density at radius 2 is 1.95 bits per heavy atom. The van der Waals surface area contributed by atoms with Crippen LogP contribution in [0.1, 0.15) is 18.5 Å². The average Bonchev–Trinajstić information content (AvgIpc) is 2.57. The van der Waals surface area contributed by atoms with Gasteiger partial charge in [-0.25, -0.2) is 0 Å². The molecule has 2 unspecified atom stereocenters. The molecule has 1 aromatic rings. The second kappa shape index (κ2) is 7.49. The number of benzene rings is 1. The molecule has 1 amide bonds. The largest absolute Gasteiger partial charge is 0.338 e. The second-order valence-corrected chi connectivity index (χ2v) is 7.33. The van der Waals surface area contributed by atoms with Crippen molar-refractivity contribution < 1.29 is 4.79 Å². The third-order valence-corrected chi connectivity index (χ3v) is 5.38. The van der Waals surface area contributed by atoms with Gasteiger partial charge in [-0.05, 0) is 12.5 Å². The van der Waals surface area contributed by atoms with Gasteiger partial charge in [-0.15, -0.1) is 0 Å². The Balaban J connectivity index is 1.82. The smallest absolute Gasteiger partial charge is 0.244 e. The van der Waals surface area contributed by atoms with Crippen LogP contribution in [0.2, 0.25) is 0 Å². The molecule has 2 heterocycles. The van der Waals surface area contributed by atoms with Crippen molar-refractivity contribution in [1.29, 1.82) is 0 Å². The zero-order valence-electron chi connectivity index (χ0n) is 13.2. The van der Waals surface area contributed by atoms with Crippen molar-refractivity contribution in [2.75, 3.05) is 44.2 Å². The van der Waals surface area contributed by atoms with Gasteiger partial charge >= 0.3 is 0 Å². The van der Waals surface area contributed by atoms with E-state index < -0.39 is 0 Å². The van der Waals surface area contributed by atoms with Crippen LogP contribution in [0.15, 0.2) is 30.3 Å². The van der Waals surface area contributed by atoms with Crippen LogP contribution in [0.5, 0.6) is 0 Å². The molecule has 0 aliphatic carbocycles. The van der Waals surface area contributed by atoms with Crippen LogP contribution >= 0.6 is 11.8 Å². The minimum absolute atomic E-state index is 0.118. The van der Waals surface area contributed by atoms with Crippen LogP contribution in [0.4, 0.5) is 0 Å². The second-order valence-electron chi connectivity index (χ2n) is 6.10. The highest BCUT2D eigenvalue weighted by Crippen LogP contribution is 2.26. The molecule has 0 aromatic heterocycles. The minimum Gasteiger partial charge on any atom is -0.338 e. The number of piperazine rings is 1. The average molecular weight is 319 g/mol. The van der Waals surface area contributed by atoms with Gasteiger partial charge in [0.25, 0.3) is 0 Å². The van der Waals surface area contributed by atoms with Gasteiger partial charge in [-0.1, -0.05) is 30.3 Å². The summed E-state index contributed by atoms with van der Waals surface area (Å²) in [6, 6.07) is 10.5. The summed E-state index contributed by atoms with van der Waals surface area (Å²) in [5.74, 6) is 2.51. The Morgan fingerprint density at radius 3 is 2.64 bits per heavy atom. The maximum Gasteiger partial charge on any atom is 0.244 e. The number of hydrogen-bond acceptors (Lipinski definition) is 4. The van der Waals surface area contributed by atoms with E-state index in [1.165, 1.54) is 0 Å². The molecule has 0 bridgehead atoms. The SMILES string of the molecule is CC1CN(C(=O)C(c2ccccc2)N2CCSCC2)CCN1. The van der Waals surface area contributed by atoms with Gasteiger partial charge in [0.1, 0.15) is 6.04 Å². The van der Waals surface area contributed by atoms with Gasteiger partial charge in [0.15, 0.2) is 0 Å². The lowest BCUT2D eigenvalue weighted by Crippen LogP contribution is -2.54. The number of carbonyl (C=O) groups is 1. The Kier molecular flexibility index (Phi) is 5.39. The fraction of sp³-hybridized carbons (Fsp3) is 0.588. The fourth-order valence-electron chi connectivity index (χ4n) is 3.29. The topological polar surface area (TPSA) is 35.6 Å². The molecule has 2 fully saturated rings. The molecule has 2 aliphatic heterocycles. The summed E-state index contributed by atoms with van der Waals surface area (Å²) in [6.07, 6.45) is 0. The first-order chi connectivity index (χ1) is 10.8. The maximum atomic E-state index is 13.2. The zero-order chi connectivity index (χ0) is 15.4. The minimum atomic E-state index is -0.118.